The van der Waals surface area contributed by atoms with Gasteiger partial charge in [-0.05, 0) is 63.1 Å². The molecule has 1 aromatic rings. The van der Waals surface area contributed by atoms with Crippen LogP contribution in [-0.2, 0) is 11.3 Å². The number of rotatable bonds is 5. The molecule has 4 heteroatoms. The summed E-state index contributed by atoms with van der Waals surface area (Å²) in [4.78, 5) is 15.3. The van der Waals surface area contributed by atoms with Crippen LogP contribution in [0.3, 0.4) is 0 Å². The zero-order chi connectivity index (χ0) is 17.7. The van der Waals surface area contributed by atoms with Gasteiger partial charge in [0.05, 0.1) is 0 Å². The Hall–Kier alpha value is -1.39. The van der Waals surface area contributed by atoms with E-state index >= 15 is 0 Å². The van der Waals surface area contributed by atoms with Crippen molar-refractivity contribution in [2.24, 2.45) is 11.3 Å². The van der Waals surface area contributed by atoms with Gasteiger partial charge < -0.3 is 10.4 Å². The summed E-state index contributed by atoms with van der Waals surface area (Å²) in [7, 11) is 0. The summed E-state index contributed by atoms with van der Waals surface area (Å²) in [5.41, 5.74) is 1.11. The summed E-state index contributed by atoms with van der Waals surface area (Å²) in [6.45, 7) is 5.35. The van der Waals surface area contributed by atoms with Crippen molar-refractivity contribution >= 4 is 5.91 Å². The molecule has 1 amide bonds. The summed E-state index contributed by atoms with van der Waals surface area (Å²) in [5, 5.41) is 12.5. The predicted molar refractivity (Wildman–Crippen MR) is 100 cm³/mol. The minimum absolute atomic E-state index is 0.235. The van der Waals surface area contributed by atoms with Gasteiger partial charge in [-0.25, -0.2) is 0 Å². The number of nitrogens with one attached hydrogen (secondary N) is 1. The highest BCUT2D eigenvalue weighted by Crippen LogP contribution is 2.33. The van der Waals surface area contributed by atoms with Gasteiger partial charge in [0.25, 0.3) is 0 Å². The zero-order valence-electron chi connectivity index (χ0n) is 15.4. The van der Waals surface area contributed by atoms with E-state index < -0.39 is 0 Å². The number of piperidine rings is 1. The van der Waals surface area contributed by atoms with E-state index in [4.69, 9.17) is 0 Å². The van der Waals surface area contributed by atoms with Crippen molar-refractivity contribution in [1.82, 2.24) is 10.2 Å². The molecule has 1 heterocycles. The van der Waals surface area contributed by atoms with Gasteiger partial charge in [-0.2, -0.15) is 0 Å². The molecule has 1 aromatic carbocycles. The van der Waals surface area contributed by atoms with Crippen LogP contribution in [0, 0.1) is 11.3 Å². The minimum atomic E-state index is -0.235. The number of hydrogen-bond donors (Lipinski definition) is 2. The Morgan fingerprint density at radius 3 is 2.40 bits per heavy atom. The fourth-order valence-electron chi connectivity index (χ4n) is 4.12. The van der Waals surface area contributed by atoms with E-state index in [0.717, 1.165) is 58.2 Å². The van der Waals surface area contributed by atoms with Gasteiger partial charge in [0.1, 0.15) is 0 Å². The lowest BCUT2D eigenvalue weighted by atomic mass is 9.78. The van der Waals surface area contributed by atoms with Crippen molar-refractivity contribution in [3.63, 3.8) is 0 Å². The molecule has 1 saturated carbocycles. The Labute approximate surface area is 151 Å². The zero-order valence-corrected chi connectivity index (χ0v) is 15.4. The highest BCUT2D eigenvalue weighted by Gasteiger charge is 2.38. The second kappa shape index (κ2) is 8.33. The standard InChI is InChI=1S/C21H32N2O2/c1-21(20(25)22-19-9-7-18(16-24)8-10-19)11-13-23(14-12-21)15-17-5-3-2-4-6-17/h2-6,18-19,24H,7-16H2,1H3,(H,22,25). The van der Waals surface area contributed by atoms with Gasteiger partial charge in [0.15, 0.2) is 0 Å². The molecule has 2 aliphatic rings. The third kappa shape index (κ3) is 4.83. The number of benzene rings is 1. The number of aliphatic hydroxyl groups is 1. The predicted octanol–water partition coefficient (Wildman–Crippen LogP) is 2.96. The summed E-state index contributed by atoms with van der Waals surface area (Å²) >= 11 is 0. The van der Waals surface area contributed by atoms with Crippen molar-refractivity contribution in [2.45, 2.75) is 58.0 Å². The molecule has 0 unspecified atom stereocenters. The highest BCUT2D eigenvalue weighted by atomic mass is 16.3. The van der Waals surface area contributed by atoms with Gasteiger partial charge in [0, 0.05) is 24.6 Å². The molecular weight excluding hydrogens is 312 g/mol. The Balaban J connectivity index is 1.46. The lowest BCUT2D eigenvalue weighted by Gasteiger charge is -2.39. The van der Waals surface area contributed by atoms with Gasteiger partial charge in [0.2, 0.25) is 5.91 Å². The minimum Gasteiger partial charge on any atom is -0.396 e. The second-order valence-corrected chi connectivity index (χ2v) is 8.20. The van der Waals surface area contributed by atoms with Crippen molar-refractivity contribution in [3.8, 4) is 0 Å². The van der Waals surface area contributed by atoms with E-state index in [2.05, 4.69) is 47.5 Å². The molecule has 0 radical (unpaired) electrons. The Morgan fingerprint density at radius 1 is 1.16 bits per heavy atom. The van der Waals surface area contributed by atoms with Crippen molar-refractivity contribution in [3.05, 3.63) is 35.9 Å². The third-order valence-corrected chi connectivity index (χ3v) is 6.20. The third-order valence-electron chi connectivity index (χ3n) is 6.20. The molecule has 1 aliphatic carbocycles. The molecule has 0 bridgehead atoms. The van der Waals surface area contributed by atoms with E-state index in [-0.39, 0.29) is 17.9 Å². The first-order chi connectivity index (χ1) is 12.1. The lowest BCUT2D eigenvalue weighted by molar-refractivity contribution is -0.133. The first-order valence-electron chi connectivity index (χ1n) is 9.77. The molecule has 25 heavy (non-hydrogen) atoms. The molecule has 0 aromatic heterocycles. The van der Waals surface area contributed by atoms with Crippen molar-refractivity contribution < 1.29 is 9.90 Å². The molecule has 2 N–H and O–H groups in total. The highest BCUT2D eigenvalue weighted by molar-refractivity contribution is 5.82. The summed E-state index contributed by atoms with van der Waals surface area (Å²) < 4.78 is 0. The number of hydrogen-bond acceptors (Lipinski definition) is 3. The largest absolute Gasteiger partial charge is 0.396 e. The average molecular weight is 344 g/mol. The molecule has 0 atom stereocenters. The van der Waals surface area contributed by atoms with E-state index in [9.17, 15) is 9.90 Å². The van der Waals surface area contributed by atoms with Crippen molar-refractivity contribution in [2.75, 3.05) is 19.7 Å². The van der Waals surface area contributed by atoms with Crippen LogP contribution in [-0.4, -0.2) is 41.7 Å². The normalized spacial score (nSPS) is 27.0. The maximum Gasteiger partial charge on any atom is 0.226 e. The fraction of sp³-hybridized carbons (Fsp3) is 0.667. The Kier molecular flexibility index (Phi) is 6.13. The summed E-state index contributed by atoms with van der Waals surface area (Å²) in [6.07, 6.45) is 5.93. The quantitative estimate of drug-likeness (QED) is 0.863. The van der Waals surface area contributed by atoms with Crippen LogP contribution in [0.4, 0.5) is 0 Å². The van der Waals surface area contributed by atoms with Crippen LogP contribution in [0.5, 0.6) is 0 Å². The van der Waals surface area contributed by atoms with Crippen LogP contribution in [0.1, 0.15) is 51.0 Å². The number of likely N-dealkylation sites (tertiary alicyclic amines) is 1. The monoisotopic (exact) mass is 344 g/mol. The number of carbonyl (C=O) groups excluding carboxylic acids is 1. The second-order valence-electron chi connectivity index (χ2n) is 8.20. The maximum atomic E-state index is 12.8. The van der Waals surface area contributed by atoms with Crippen LogP contribution in [0.25, 0.3) is 0 Å². The molecule has 0 spiro atoms. The molecule has 4 nitrogen and oxygen atoms in total. The molecular formula is C21H32N2O2. The number of amides is 1. The van der Waals surface area contributed by atoms with Gasteiger partial charge in [-0.3, -0.25) is 9.69 Å². The fourth-order valence-corrected chi connectivity index (χ4v) is 4.12. The Morgan fingerprint density at radius 2 is 1.80 bits per heavy atom. The number of aliphatic hydroxyl groups excluding tert-OH is 1. The van der Waals surface area contributed by atoms with Gasteiger partial charge in [-0.15, -0.1) is 0 Å². The van der Waals surface area contributed by atoms with E-state index in [1.54, 1.807) is 0 Å². The molecule has 2 fully saturated rings. The molecule has 1 aliphatic heterocycles. The van der Waals surface area contributed by atoms with Crippen LogP contribution in [0.2, 0.25) is 0 Å². The first kappa shape index (κ1) is 18.4. The van der Waals surface area contributed by atoms with Crippen LogP contribution in [0.15, 0.2) is 30.3 Å². The van der Waals surface area contributed by atoms with Crippen LogP contribution >= 0.6 is 0 Å². The topological polar surface area (TPSA) is 52.6 Å². The lowest BCUT2D eigenvalue weighted by Crippen LogP contribution is -2.50. The number of carbonyl (C=O) groups is 1. The molecule has 1 saturated heterocycles. The molecule has 3 rings (SSSR count). The smallest absolute Gasteiger partial charge is 0.226 e. The maximum absolute atomic E-state index is 12.8. The van der Waals surface area contributed by atoms with E-state index in [1.165, 1.54) is 5.56 Å². The average Bonchev–Trinajstić information content (AvgIpc) is 2.65. The first-order valence-corrected chi connectivity index (χ1v) is 9.77. The number of nitrogens with zero attached hydrogens (tertiary/aromatic N) is 1. The van der Waals surface area contributed by atoms with Gasteiger partial charge in [-0.1, -0.05) is 37.3 Å². The van der Waals surface area contributed by atoms with E-state index in [0.29, 0.717) is 12.0 Å². The summed E-state index contributed by atoms with van der Waals surface area (Å²) in [5.74, 6) is 0.671. The molecule has 138 valence electrons. The Bertz CT molecular complexity index is 544. The summed E-state index contributed by atoms with van der Waals surface area (Å²) in [6, 6.07) is 10.9. The SMILES string of the molecule is CC1(C(=O)NC2CCC(CO)CC2)CCN(Cc2ccccc2)CC1. The van der Waals surface area contributed by atoms with Crippen molar-refractivity contribution in [1.29, 1.82) is 0 Å². The van der Waals surface area contributed by atoms with E-state index in [1.807, 2.05) is 0 Å². The van der Waals surface area contributed by atoms with Gasteiger partial charge >= 0.3 is 0 Å². The van der Waals surface area contributed by atoms with Crippen LogP contribution < -0.4 is 5.32 Å².